The fourth-order valence-electron chi connectivity index (χ4n) is 2.45. The van der Waals surface area contributed by atoms with E-state index in [0.29, 0.717) is 18.7 Å². The molecule has 1 aromatic heterocycles. The van der Waals surface area contributed by atoms with Crippen LogP contribution < -0.4 is 0 Å². The molecule has 5 heteroatoms. The molecule has 0 saturated carbocycles. The van der Waals surface area contributed by atoms with Gasteiger partial charge in [-0.15, -0.1) is 0 Å². The summed E-state index contributed by atoms with van der Waals surface area (Å²) in [7, 11) is 0. The van der Waals surface area contributed by atoms with E-state index < -0.39 is 0 Å². The van der Waals surface area contributed by atoms with Crippen molar-refractivity contribution < 1.29 is 4.79 Å². The van der Waals surface area contributed by atoms with E-state index in [0.717, 1.165) is 34.7 Å². The van der Waals surface area contributed by atoms with Gasteiger partial charge in [0.25, 0.3) is 5.91 Å². The fourth-order valence-corrected chi connectivity index (χ4v) is 2.45. The molecule has 0 aliphatic carbocycles. The van der Waals surface area contributed by atoms with Crippen LogP contribution in [0, 0.1) is 0 Å². The Kier molecular flexibility index (Phi) is 7.49. The van der Waals surface area contributed by atoms with Crippen LogP contribution in [0.15, 0.2) is 39.8 Å². The summed E-state index contributed by atoms with van der Waals surface area (Å²) in [5, 5.41) is 0. The Bertz CT molecular complexity index is 670. The van der Waals surface area contributed by atoms with E-state index in [1.807, 2.05) is 40.7 Å². The van der Waals surface area contributed by atoms with Gasteiger partial charge in [0.15, 0.2) is 0 Å². The minimum absolute atomic E-state index is 0.00494. The van der Waals surface area contributed by atoms with Gasteiger partial charge in [-0.3, -0.25) is 9.79 Å². The number of likely N-dealkylation sites (N-methyl/N-ethyl adjacent to an activating group) is 1. The van der Waals surface area contributed by atoms with E-state index in [4.69, 9.17) is 0 Å². The van der Waals surface area contributed by atoms with Crippen LogP contribution in [-0.2, 0) is 17.8 Å². The van der Waals surface area contributed by atoms with Crippen LogP contribution in [0.2, 0.25) is 0 Å². The smallest absolute Gasteiger partial charge is 0.254 e. The monoisotopic (exact) mass is 328 g/mol. The second kappa shape index (κ2) is 9.11. The van der Waals surface area contributed by atoms with Crippen molar-refractivity contribution in [1.29, 1.82) is 0 Å². The molecule has 0 fully saturated rings. The molecule has 1 aromatic rings. The lowest BCUT2D eigenvalue weighted by molar-refractivity contribution is -0.127. The first-order valence-electron chi connectivity index (χ1n) is 8.26. The van der Waals surface area contributed by atoms with Gasteiger partial charge >= 0.3 is 0 Å². The van der Waals surface area contributed by atoms with E-state index in [-0.39, 0.29) is 5.91 Å². The van der Waals surface area contributed by atoms with Gasteiger partial charge in [0.1, 0.15) is 6.33 Å². The number of aliphatic imine (C=N–C) groups is 1. The largest absolute Gasteiger partial charge is 0.333 e. The van der Waals surface area contributed by atoms with Gasteiger partial charge in [-0.05, 0) is 59.4 Å². The summed E-state index contributed by atoms with van der Waals surface area (Å²) in [6.45, 7) is 16.3. The fraction of sp³-hybridized carbons (Fsp3) is 0.474. The molecule has 0 spiro atoms. The quantitative estimate of drug-likeness (QED) is 0.435. The molecule has 0 unspecified atom stereocenters. The van der Waals surface area contributed by atoms with Crippen molar-refractivity contribution in [3.8, 4) is 0 Å². The molecule has 130 valence electrons. The zero-order valence-electron chi connectivity index (χ0n) is 15.7. The molecular formula is C19H28N4O. The highest BCUT2D eigenvalue weighted by Crippen LogP contribution is 2.22. The lowest BCUT2D eigenvalue weighted by Crippen LogP contribution is -2.32. The predicted octanol–water partition coefficient (Wildman–Crippen LogP) is 3.72. The molecule has 0 N–H and O–H groups in total. The molecule has 0 aliphatic rings. The number of carbonyl (C=O) groups is 1. The number of hydrogen-bond acceptors (Lipinski definition) is 4. The summed E-state index contributed by atoms with van der Waals surface area (Å²) in [6.07, 6.45) is 2.41. The Hall–Kier alpha value is -2.30. The average Bonchev–Trinajstić information content (AvgIpc) is 2.58. The van der Waals surface area contributed by atoms with Crippen LogP contribution in [0.5, 0.6) is 0 Å². The van der Waals surface area contributed by atoms with Crippen molar-refractivity contribution in [2.45, 2.75) is 54.5 Å². The number of hydrogen-bond donors (Lipinski definition) is 0. The van der Waals surface area contributed by atoms with Crippen molar-refractivity contribution in [2.24, 2.45) is 4.99 Å². The number of aromatic nitrogens is 2. The molecule has 0 aromatic carbocycles. The van der Waals surface area contributed by atoms with Crippen LogP contribution in [-0.4, -0.2) is 34.0 Å². The number of nitrogens with zero attached hydrogens (tertiary/aromatic N) is 4. The summed E-state index contributed by atoms with van der Waals surface area (Å²) in [4.78, 5) is 27.3. The summed E-state index contributed by atoms with van der Waals surface area (Å²) >= 11 is 0. The van der Waals surface area contributed by atoms with Gasteiger partial charge in [-0.1, -0.05) is 12.5 Å². The summed E-state index contributed by atoms with van der Waals surface area (Å²) in [5.41, 5.74) is 5.14. The zero-order chi connectivity index (χ0) is 18.3. The molecule has 0 bridgehead atoms. The Morgan fingerprint density at radius 2 is 1.79 bits per heavy atom. The van der Waals surface area contributed by atoms with E-state index in [2.05, 4.69) is 28.6 Å². The normalized spacial score (nSPS) is 11.6. The first-order chi connectivity index (χ1) is 11.3. The number of carbonyl (C=O) groups excluding carboxylic acids is 1. The molecular weight excluding hydrogens is 300 g/mol. The van der Waals surface area contributed by atoms with Crippen LogP contribution in [0.4, 0.5) is 0 Å². The maximum absolute atomic E-state index is 13.1. The SMILES string of the molecule is C=N/C(C)=C(\C)C(C(=O)N(CC)Cc1cc(CC)ncn1)=C(C)C. The zero-order valence-corrected chi connectivity index (χ0v) is 15.7. The Labute approximate surface area is 145 Å². The van der Waals surface area contributed by atoms with Crippen LogP contribution in [0.3, 0.4) is 0 Å². The minimum atomic E-state index is -0.00494. The maximum atomic E-state index is 13.1. The lowest BCUT2D eigenvalue weighted by atomic mass is 9.99. The van der Waals surface area contributed by atoms with Crippen molar-refractivity contribution in [2.75, 3.05) is 6.54 Å². The first-order valence-corrected chi connectivity index (χ1v) is 8.26. The maximum Gasteiger partial charge on any atom is 0.254 e. The molecule has 5 nitrogen and oxygen atoms in total. The number of amides is 1. The molecule has 0 saturated heterocycles. The van der Waals surface area contributed by atoms with Gasteiger partial charge in [-0.25, -0.2) is 9.97 Å². The number of aryl methyl sites for hydroxylation is 1. The van der Waals surface area contributed by atoms with Gasteiger partial charge in [0, 0.05) is 23.5 Å². The van der Waals surface area contributed by atoms with E-state index in [1.165, 1.54) is 0 Å². The molecule has 24 heavy (non-hydrogen) atoms. The highest BCUT2D eigenvalue weighted by Gasteiger charge is 2.21. The predicted molar refractivity (Wildman–Crippen MR) is 98.8 cm³/mol. The van der Waals surface area contributed by atoms with Gasteiger partial charge in [0.05, 0.1) is 12.2 Å². The summed E-state index contributed by atoms with van der Waals surface area (Å²) in [5.74, 6) is -0.00494. The van der Waals surface area contributed by atoms with Crippen LogP contribution >= 0.6 is 0 Å². The number of allylic oxidation sites excluding steroid dienone is 2. The van der Waals surface area contributed by atoms with Crippen molar-refractivity contribution in [3.63, 3.8) is 0 Å². The van der Waals surface area contributed by atoms with Gasteiger partial charge in [-0.2, -0.15) is 0 Å². The van der Waals surface area contributed by atoms with E-state index in [9.17, 15) is 4.79 Å². The second-order valence-corrected chi connectivity index (χ2v) is 5.92. The standard InChI is InChI=1S/C19H28N4O/c1-8-16-10-17(22-12-21-16)11-23(9-2)19(24)18(13(3)4)14(5)15(6)20-7/h10,12H,7-9,11H2,1-6H3/b15-14+. The Morgan fingerprint density at radius 1 is 1.17 bits per heavy atom. The third-order valence-electron chi connectivity index (χ3n) is 4.03. The molecule has 1 heterocycles. The van der Waals surface area contributed by atoms with Crippen molar-refractivity contribution >= 4 is 12.6 Å². The summed E-state index contributed by atoms with van der Waals surface area (Å²) in [6, 6.07) is 1.96. The Balaban J connectivity index is 3.15. The molecule has 0 radical (unpaired) electrons. The average molecular weight is 328 g/mol. The topological polar surface area (TPSA) is 58.5 Å². The van der Waals surface area contributed by atoms with E-state index >= 15 is 0 Å². The molecule has 0 atom stereocenters. The lowest BCUT2D eigenvalue weighted by Gasteiger charge is -2.24. The van der Waals surface area contributed by atoms with Crippen LogP contribution in [0.25, 0.3) is 0 Å². The van der Waals surface area contributed by atoms with E-state index in [1.54, 1.807) is 11.2 Å². The van der Waals surface area contributed by atoms with Gasteiger partial charge < -0.3 is 4.90 Å². The minimum Gasteiger partial charge on any atom is -0.333 e. The van der Waals surface area contributed by atoms with Gasteiger partial charge in [0.2, 0.25) is 0 Å². The molecule has 1 amide bonds. The first kappa shape index (κ1) is 19.7. The molecule has 1 rings (SSSR count). The third kappa shape index (κ3) is 4.85. The number of rotatable bonds is 7. The Morgan fingerprint density at radius 3 is 2.29 bits per heavy atom. The van der Waals surface area contributed by atoms with Crippen LogP contribution in [0.1, 0.15) is 52.9 Å². The second-order valence-electron chi connectivity index (χ2n) is 5.92. The third-order valence-corrected chi connectivity index (χ3v) is 4.03. The highest BCUT2D eigenvalue weighted by molar-refractivity contribution is 5.98. The molecule has 0 aliphatic heterocycles. The summed E-state index contributed by atoms with van der Waals surface area (Å²) < 4.78 is 0. The highest BCUT2D eigenvalue weighted by atomic mass is 16.2. The van der Waals surface area contributed by atoms with Crippen molar-refractivity contribution in [3.05, 3.63) is 46.2 Å². The van der Waals surface area contributed by atoms with Crippen molar-refractivity contribution in [1.82, 2.24) is 14.9 Å².